The smallest absolute Gasteiger partial charge is 0.238 e. The average molecular weight is 385 g/mol. The maximum absolute atomic E-state index is 11.2. The highest BCUT2D eigenvalue weighted by Gasteiger charge is 2.15. The lowest BCUT2D eigenvalue weighted by Crippen LogP contribution is -2.39. The molecule has 1 heterocycles. The van der Waals surface area contributed by atoms with Crippen LogP contribution in [0.5, 0.6) is 0 Å². The number of sulfonamides is 1. The minimum Gasteiger partial charge on any atom is -0.379 e. The van der Waals surface area contributed by atoms with Crippen molar-refractivity contribution in [3.63, 3.8) is 0 Å². The zero-order valence-corrected chi connectivity index (χ0v) is 15.9. The minimum atomic E-state index is -3.64. The third kappa shape index (κ3) is 7.28. The van der Waals surface area contributed by atoms with Gasteiger partial charge in [0.1, 0.15) is 0 Å². The van der Waals surface area contributed by atoms with Crippen LogP contribution in [0, 0.1) is 0 Å². The Balaban J connectivity index is 1.60. The molecule has 0 bridgehead atoms. The van der Waals surface area contributed by atoms with Crippen molar-refractivity contribution in [3.05, 3.63) is 29.8 Å². The van der Waals surface area contributed by atoms with E-state index in [9.17, 15) is 8.42 Å². The number of nitrogens with two attached hydrogens (primary N) is 1. The lowest BCUT2D eigenvalue weighted by molar-refractivity contribution is 0.0420. The predicted molar refractivity (Wildman–Crippen MR) is 101 cm³/mol. The van der Waals surface area contributed by atoms with Gasteiger partial charge in [0.25, 0.3) is 0 Å². The summed E-state index contributed by atoms with van der Waals surface area (Å²) in [4.78, 5) is 4.30. The van der Waals surface area contributed by atoms with Crippen LogP contribution in [0.4, 0.5) is 0 Å². The largest absolute Gasteiger partial charge is 0.379 e. The summed E-state index contributed by atoms with van der Waals surface area (Å²) in [5.41, 5.74) is 1.02. The molecule has 0 amide bonds. The molecule has 1 unspecified atom stereocenters. The molecule has 9 heteroatoms. The van der Waals surface area contributed by atoms with E-state index in [4.69, 9.17) is 14.6 Å². The van der Waals surface area contributed by atoms with E-state index in [0.29, 0.717) is 19.8 Å². The topological polar surface area (TPSA) is 115 Å². The number of rotatable bonds is 9. The van der Waals surface area contributed by atoms with Crippen molar-refractivity contribution in [2.75, 3.05) is 40.0 Å². The summed E-state index contributed by atoms with van der Waals surface area (Å²) in [5.74, 6) is 0.732. The summed E-state index contributed by atoms with van der Waals surface area (Å²) in [6.07, 6.45) is 2.87. The number of aliphatic imine (C=N–C) groups is 1. The zero-order valence-electron chi connectivity index (χ0n) is 15.1. The Morgan fingerprint density at radius 1 is 1.31 bits per heavy atom. The molecule has 146 valence electrons. The van der Waals surface area contributed by atoms with Gasteiger partial charge in [0.15, 0.2) is 5.96 Å². The zero-order chi connectivity index (χ0) is 18.8. The second-order valence-corrected chi connectivity index (χ2v) is 7.64. The summed E-state index contributed by atoms with van der Waals surface area (Å²) in [6.45, 7) is 3.66. The summed E-state index contributed by atoms with van der Waals surface area (Å²) >= 11 is 0. The molecule has 1 aliphatic heterocycles. The number of nitrogens with one attached hydrogen (secondary N) is 2. The first-order valence-corrected chi connectivity index (χ1v) is 10.3. The maximum Gasteiger partial charge on any atom is 0.238 e. The van der Waals surface area contributed by atoms with Crippen LogP contribution in [-0.4, -0.2) is 60.4 Å². The highest BCUT2D eigenvalue weighted by molar-refractivity contribution is 7.89. The molecule has 1 saturated heterocycles. The van der Waals surface area contributed by atoms with Crippen LogP contribution in [-0.2, 0) is 25.9 Å². The number of guanidine groups is 1. The van der Waals surface area contributed by atoms with Crippen molar-refractivity contribution in [1.29, 1.82) is 0 Å². The molecule has 8 nitrogen and oxygen atoms in total. The van der Waals surface area contributed by atoms with Crippen molar-refractivity contribution in [2.45, 2.75) is 30.3 Å². The normalized spacial score (nSPS) is 18.1. The van der Waals surface area contributed by atoms with Crippen molar-refractivity contribution in [2.24, 2.45) is 10.1 Å². The van der Waals surface area contributed by atoms with Crippen LogP contribution < -0.4 is 15.8 Å². The molecule has 1 atom stereocenters. The molecule has 1 aromatic rings. The highest BCUT2D eigenvalue weighted by atomic mass is 32.2. The van der Waals surface area contributed by atoms with E-state index < -0.39 is 10.0 Å². The number of hydrogen-bond donors (Lipinski definition) is 3. The first kappa shape index (κ1) is 20.6. The molecule has 26 heavy (non-hydrogen) atoms. The van der Waals surface area contributed by atoms with Gasteiger partial charge < -0.3 is 20.1 Å². The van der Waals surface area contributed by atoms with Crippen molar-refractivity contribution in [3.8, 4) is 0 Å². The van der Waals surface area contributed by atoms with Gasteiger partial charge in [-0.15, -0.1) is 0 Å². The van der Waals surface area contributed by atoms with Gasteiger partial charge in [-0.2, -0.15) is 0 Å². The van der Waals surface area contributed by atoms with Crippen LogP contribution in [0.1, 0.15) is 18.4 Å². The molecule has 1 fully saturated rings. The Hall–Kier alpha value is -1.68. The van der Waals surface area contributed by atoms with Crippen LogP contribution in [0.25, 0.3) is 0 Å². The van der Waals surface area contributed by atoms with Crippen LogP contribution in [0.2, 0.25) is 0 Å². The molecule has 2 rings (SSSR count). The number of benzene rings is 1. The van der Waals surface area contributed by atoms with Gasteiger partial charge in [-0.3, -0.25) is 4.99 Å². The number of hydrogen-bond acceptors (Lipinski definition) is 5. The van der Waals surface area contributed by atoms with Crippen LogP contribution in [0.15, 0.2) is 34.2 Å². The van der Waals surface area contributed by atoms with E-state index in [0.717, 1.165) is 43.9 Å². The Bertz CT molecular complexity index is 671. The molecule has 0 saturated carbocycles. The van der Waals surface area contributed by atoms with Crippen molar-refractivity contribution < 1.29 is 17.9 Å². The van der Waals surface area contributed by atoms with E-state index in [-0.39, 0.29) is 11.0 Å². The van der Waals surface area contributed by atoms with Gasteiger partial charge >= 0.3 is 0 Å². The Kier molecular flexibility index (Phi) is 8.30. The monoisotopic (exact) mass is 384 g/mol. The first-order valence-electron chi connectivity index (χ1n) is 8.74. The fourth-order valence-corrected chi connectivity index (χ4v) is 3.08. The second-order valence-electron chi connectivity index (χ2n) is 6.07. The summed E-state index contributed by atoms with van der Waals surface area (Å²) in [7, 11) is -1.92. The Morgan fingerprint density at radius 3 is 2.65 bits per heavy atom. The minimum absolute atomic E-state index is 0.123. The summed E-state index contributed by atoms with van der Waals surface area (Å²) in [6, 6.07) is 6.57. The highest BCUT2D eigenvalue weighted by Crippen LogP contribution is 2.09. The molecule has 0 aromatic heterocycles. The van der Waals surface area contributed by atoms with E-state index in [2.05, 4.69) is 15.6 Å². The molecule has 0 radical (unpaired) electrons. The molecule has 1 aliphatic rings. The van der Waals surface area contributed by atoms with Crippen LogP contribution in [0.3, 0.4) is 0 Å². The summed E-state index contributed by atoms with van der Waals surface area (Å²) < 4.78 is 33.5. The molecular weight excluding hydrogens is 356 g/mol. The third-order valence-corrected chi connectivity index (χ3v) is 4.97. The molecule has 0 spiro atoms. The Labute approximate surface area is 155 Å². The predicted octanol–water partition coefficient (Wildman–Crippen LogP) is 0.237. The number of ether oxygens (including phenoxy) is 2. The lowest BCUT2D eigenvalue weighted by atomic mass is 10.1. The van der Waals surface area contributed by atoms with E-state index in [1.54, 1.807) is 19.2 Å². The van der Waals surface area contributed by atoms with Crippen molar-refractivity contribution in [1.82, 2.24) is 10.6 Å². The fraction of sp³-hybridized carbons (Fsp3) is 0.588. The average Bonchev–Trinajstić information content (AvgIpc) is 3.13. The number of nitrogens with zero attached hydrogens (tertiary/aromatic N) is 1. The quantitative estimate of drug-likeness (QED) is 0.319. The first-order chi connectivity index (χ1) is 12.5. The van der Waals surface area contributed by atoms with E-state index in [1.165, 1.54) is 12.1 Å². The standard InChI is InChI=1S/C17H28N4O4S/c1-19-17(20-9-2-11-25-15-8-12-24-13-15)21-10-7-14-3-5-16(6-4-14)26(18,22)23/h3-6,15H,2,7-13H2,1H3,(H2,18,22,23)(H2,19,20,21). The Morgan fingerprint density at radius 2 is 2.04 bits per heavy atom. The van der Waals surface area contributed by atoms with Gasteiger partial charge in [-0.05, 0) is 37.0 Å². The van der Waals surface area contributed by atoms with Gasteiger partial charge in [-0.1, -0.05) is 12.1 Å². The van der Waals surface area contributed by atoms with Gasteiger partial charge in [0.2, 0.25) is 10.0 Å². The van der Waals surface area contributed by atoms with Crippen molar-refractivity contribution >= 4 is 16.0 Å². The SMILES string of the molecule is CN=C(NCCCOC1CCOC1)NCCc1ccc(S(N)(=O)=O)cc1. The van der Waals surface area contributed by atoms with E-state index in [1.807, 2.05) is 0 Å². The molecule has 4 N–H and O–H groups in total. The summed E-state index contributed by atoms with van der Waals surface area (Å²) in [5, 5.41) is 11.6. The van der Waals surface area contributed by atoms with Gasteiger partial charge in [0, 0.05) is 33.4 Å². The lowest BCUT2D eigenvalue weighted by Gasteiger charge is -2.13. The molecular formula is C17H28N4O4S. The number of primary sulfonamides is 1. The second kappa shape index (κ2) is 10.5. The van der Waals surface area contributed by atoms with Gasteiger partial charge in [0.05, 0.1) is 17.6 Å². The van der Waals surface area contributed by atoms with E-state index >= 15 is 0 Å². The molecule has 1 aromatic carbocycles. The molecule has 0 aliphatic carbocycles. The maximum atomic E-state index is 11.2. The fourth-order valence-electron chi connectivity index (χ4n) is 2.56. The van der Waals surface area contributed by atoms with Crippen LogP contribution >= 0.6 is 0 Å². The van der Waals surface area contributed by atoms with Gasteiger partial charge in [-0.25, -0.2) is 13.6 Å². The third-order valence-electron chi connectivity index (χ3n) is 4.04.